The molecular formula is C21H21N3O2S2. The van der Waals surface area contributed by atoms with Gasteiger partial charge in [-0.3, -0.25) is 9.59 Å². The molecule has 144 valence electrons. The molecule has 1 saturated heterocycles. The van der Waals surface area contributed by atoms with E-state index in [1.165, 1.54) is 11.8 Å². The van der Waals surface area contributed by atoms with Gasteiger partial charge in [-0.05, 0) is 37.6 Å². The van der Waals surface area contributed by atoms with Crippen molar-refractivity contribution in [3.8, 4) is 0 Å². The highest BCUT2D eigenvalue weighted by atomic mass is 32.2. The minimum atomic E-state index is -0.381. The van der Waals surface area contributed by atoms with Crippen molar-refractivity contribution in [2.75, 3.05) is 23.7 Å². The third-order valence-electron chi connectivity index (χ3n) is 4.88. The van der Waals surface area contributed by atoms with E-state index >= 15 is 0 Å². The van der Waals surface area contributed by atoms with E-state index in [1.807, 2.05) is 61.5 Å². The highest BCUT2D eigenvalue weighted by Gasteiger charge is 2.38. The van der Waals surface area contributed by atoms with Gasteiger partial charge in [0.05, 0.1) is 16.0 Å². The number of thiazole rings is 1. The van der Waals surface area contributed by atoms with Crippen LogP contribution in [0.15, 0.2) is 58.9 Å². The lowest BCUT2D eigenvalue weighted by Gasteiger charge is -2.26. The van der Waals surface area contributed by atoms with Crippen molar-refractivity contribution in [1.29, 1.82) is 0 Å². The Morgan fingerprint density at radius 2 is 1.96 bits per heavy atom. The third-order valence-corrected chi connectivity index (χ3v) is 7.04. The molecule has 1 fully saturated rings. The van der Waals surface area contributed by atoms with Crippen molar-refractivity contribution in [3.05, 3.63) is 54.6 Å². The number of hydrogen-bond acceptors (Lipinski definition) is 5. The molecule has 0 spiro atoms. The fourth-order valence-electron chi connectivity index (χ4n) is 3.51. The number of thioether (sulfide) groups is 1. The Morgan fingerprint density at radius 3 is 2.71 bits per heavy atom. The van der Waals surface area contributed by atoms with Gasteiger partial charge in [0.2, 0.25) is 11.8 Å². The minimum Gasteiger partial charge on any atom is -0.330 e. The van der Waals surface area contributed by atoms with Gasteiger partial charge < -0.3 is 9.80 Å². The number of para-hydroxylation sites is 2. The predicted octanol–water partition coefficient (Wildman–Crippen LogP) is 4.04. The van der Waals surface area contributed by atoms with Crippen molar-refractivity contribution in [3.63, 3.8) is 0 Å². The van der Waals surface area contributed by atoms with Gasteiger partial charge in [-0.2, -0.15) is 0 Å². The Bertz CT molecular complexity index is 956. The molecule has 4 rings (SSSR count). The van der Waals surface area contributed by atoms with E-state index in [1.54, 1.807) is 21.1 Å². The lowest BCUT2D eigenvalue weighted by Crippen LogP contribution is -2.46. The van der Waals surface area contributed by atoms with Crippen LogP contribution >= 0.6 is 23.1 Å². The van der Waals surface area contributed by atoms with Crippen molar-refractivity contribution >= 4 is 50.8 Å². The molecule has 0 saturated carbocycles. The molecule has 7 heteroatoms. The number of hydrogen-bond donors (Lipinski definition) is 0. The zero-order valence-electron chi connectivity index (χ0n) is 15.6. The number of rotatable bonds is 6. The Balaban J connectivity index is 1.41. The average molecular weight is 412 g/mol. The summed E-state index contributed by atoms with van der Waals surface area (Å²) in [7, 11) is 0. The summed E-state index contributed by atoms with van der Waals surface area (Å²) in [5, 5.41) is 0. The predicted molar refractivity (Wildman–Crippen MR) is 115 cm³/mol. The van der Waals surface area contributed by atoms with Crippen LogP contribution < -0.4 is 4.90 Å². The number of carbonyl (C=O) groups is 2. The molecule has 0 N–H and O–H groups in total. The fourth-order valence-corrected chi connectivity index (χ4v) is 5.46. The van der Waals surface area contributed by atoms with Gasteiger partial charge in [-0.25, -0.2) is 4.98 Å². The van der Waals surface area contributed by atoms with E-state index in [0.717, 1.165) is 20.2 Å². The summed E-state index contributed by atoms with van der Waals surface area (Å²) in [5.74, 6) is 0.286. The number of nitrogens with zero attached hydrogens (tertiary/aromatic N) is 3. The number of amides is 2. The van der Waals surface area contributed by atoms with Gasteiger partial charge in [0.15, 0.2) is 4.34 Å². The summed E-state index contributed by atoms with van der Waals surface area (Å²) in [5.41, 5.74) is 1.85. The van der Waals surface area contributed by atoms with E-state index in [9.17, 15) is 9.59 Å². The van der Waals surface area contributed by atoms with Crippen LogP contribution in [0.5, 0.6) is 0 Å². The van der Waals surface area contributed by atoms with E-state index in [0.29, 0.717) is 25.3 Å². The van der Waals surface area contributed by atoms with Crippen LogP contribution in [0.3, 0.4) is 0 Å². The Morgan fingerprint density at radius 1 is 1.21 bits per heavy atom. The van der Waals surface area contributed by atoms with Crippen LogP contribution in [0, 0.1) is 0 Å². The molecule has 1 aliphatic heterocycles. The van der Waals surface area contributed by atoms with E-state index in [4.69, 9.17) is 0 Å². The van der Waals surface area contributed by atoms with E-state index in [-0.39, 0.29) is 17.9 Å². The molecule has 3 aromatic rings. The van der Waals surface area contributed by atoms with E-state index < -0.39 is 0 Å². The first kappa shape index (κ1) is 19.0. The molecule has 1 atom stereocenters. The van der Waals surface area contributed by atoms with Crippen LogP contribution in [0.1, 0.15) is 13.3 Å². The first-order valence-corrected chi connectivity index (χ1v) is 11.1. The number of fused-ring (bicyclic) bond motifs is 1. The summed E-state index contributed by atoms with van der Waals surface area (Å²) < 4.78 is 2.00. The van der Waals surface area contributed by atoms with Gasteiger partial charge in [0, 0.05) is 18.8 Å². The molecule has 0 bridgehead atoms. The molecule has 1 aromatic heterocycles. The zero-order chi connectivity index (χ0) is 19.5. The first-order chi connectivity index (χ1) is 13.7. The molecule has 5 nitrogen and oxygen atoms in total. The molecular weight excluding hydrogens is 390 g/mol. The maximum atomic E-state index is 12.9. The lowest BCUT2D eigenvalue weighted by molar-refractivity contribution is -0.135. The number of carbonyl (C=O) groups excluding carboxylic acids is 2. The van der Waals surface area contributed by atoms with Crippen LogP contribution in [-0.4, -0.2) is 46.6 Å². The number of benzene rings is 2. The monoisotopic (exact) mass is 411 g/mol. The second kappa shape index (κ2) is 8.32. The van der Waals surface area contributed by atoms with Gasteiger partial charge in [0.25, 0.3) is 0 Å². The van der Waals surface area contributed by atoms with Crippen molar-refractivity contribution in [1.82, 2.24) is 9.88 Å². The first-order valence-electron chi connectivity index (χ1n) is 9.31. The summed E-state index contributed by atoms with van der Waals surface area (Å²) >= 11 is 3.04. The third kappa shape index (κ3) is 3.77. The topological polar surface area (TPSA) is 53.5 Å². The smallest absolute Gasteiger partial charge is 0.249 e. The summed E-state index contributed by atoms with van der Waals surface area (Å²) in [4.78, 5) is 33.8. The van der Waals surface area contributed by atoms with Crippen molar-refractivity contribution in [2.45, 2.75) is 23.7 Å². The van der Waals surface area contributed by atoms with Crippen LogP contribution in [0.2, 0.25) is 0 Å². The maximum Gasteiger partial charge on any atom is 0.249 e. The SMILES string of the molecule is CCN(C(=O)CSc1nc2ccccc2s1)C1CCN(c2ccccc2)C1=O. The number of anilines is 1. The van der Waals surface area contributed by atoms with Crippen LogP contribution in [0.25, 0.3) is 10.2 Å². The molecule has 28 heavy (non-hydrogen) atoms. The minimum absolute atomic E-state index is 0.00591. The highest BCUT2D eigenvalue weighted by molar-refractivity contribution is 8.01. The quantitative estimate of drug-likeness (QED) is 0.575. The summed E-state index contributed by atoms with van der Waals surface area (Å²) in [6, 6.07) is 17.2. The van der Waals surface area contributed by atoms with Gasteiger partial charge >= 0.3 is 0 Å². The molecule has 0 radical (unpaired) electrons. The molecule has 2 heterocycles. The Labute approximate surface area is 172 Å². The Kier molecular flexibility index (Phi) is 5.64. The van der Waals surface area contributed by atoms with Crippen molar-refractivity contribution < 1.29 is 9.59 Å². The molecule has 1 unspecified atom stereocenters. The zero-order valence-corrected chi connectivity index (χ0v) is 17.2. The van der Waals surface area contributed by atoms with Gasteiger partial charge in [-0.15, -0.1) is 11.3 Å². The van der Waals surface area contributed by atoms with E-state index in [2.05, 4.69) is 4.98 Å². The highest BCUT2D eigenvalue weighted by Crippen LogP contribution is 2.30. The summed E-state index contributed by atoms with van der Waals surface area (Å²) in [6.45, 7) is 3.10. The number of aromatic nitrogens is 1. The van der Waals surface area contributed by atoms with Gasteiger partial charge in [-0.1, -0.05) is 42.1 Å². The maximum absolute atomic E-state index is 12.9. The molecule has 1 aliphatic rings. The van der Waals surface area contributed by atoms with Crippen LogP contribution in [-0.2, 0) is 9.59 Å². The average Bonchev–Trinajstić information content (AvgIpc) is 3.31. The van der Waals surface area contributed by atoms with Crippen molar-refractivity contribution in [2.24, 2.45) is 0 Å². The second-order valence-electron chi connectivity index (χ2n) is 6.55. The molecule has 0 aliphatic carbocycles. The lowest BCUT2D eigenvalue weighted by atomic mass is 10.2. The molecule has 2 amide bonds. The molecule has 2 aromatic carbocycles. The fraction of sp³-hybridized carbons (Fsp3) is 0.286. The second-order valence-corrected chi connectivity index (χ2v) is 8.80. The standard InChI is InChI=1S/C21H21N3O2S2/c1-2-23(17-12-13-24(20(17)26)15-8-4-3-5-9-15)19(25)14-27-21-22-16-10-6-7-11-18(16)28-21/h3-11,17H,2,12-14H2,1H3. The van der Waals surface area contributed by atoms with Gasteiger partial charge in [0.1, 0.15) is 6.04 Å². The number of likely N-dealkylation sites (N-methyl/N-ethyl adjacent to an activating group) is 1. The summed E-state index contributed by atoms with van der Waals surface area (Å²) in [6.07, 6.45) is 0.666. The van der Waals surface area contributed by atoms with Crippen LogP contribution in [0.4, 0.5) is 5.69 Å². The Hall–Kier alpha value is -2.38. The normalized spacial score (nSPS) is 16.7. The largest absolute Gasteiger partial charge is 0.330 e.